The Morgan fingerprint density at radius 3 is 2.11 bits per heavy atom. The zero-order chi connectivity index (χ0) is 13.9. The van der Waals surface area contributed by atoms with Crippen LogP contribution in [0.2, 0.25) is 0 Å². The number of halogens is 3. The van der Waals surface area contributed by atoms with Crippen molar-refractivity contribution >= 4 is 5.69 Å². The second kappa shape index (κ2) is 4.98. The smallest absolute Gasteiger partial charge is 0.405 e. The molecule has 0 atom stereocenters. The van der Waals surface area contributed by atoms with Crippen molar-refractivity contribution in [1.82, 2.24) is 0 Å². The Morgan fingerprint density at radius 2 is 1.47 bits per heavy atom. The van der Waals surface area contributed by atoms with Gasteiger partial charge in [-0.05, 0) is 12.1 Å². The molecule has 2 rings (SSSR count). The van der Waals surface area contributed by atoms with Gasteiger partial charge in [-0.15, -0.1) is 13.2 Å². The number of benzene rings is 2. The van der Waals surface area contributed by atoms with E-state index in [1.54, 1.807) is 24.3 Å². The summed E-state index contributed by atoms with van der Waals surface area (Å²) < 4.78 is 40.9. The predicted octanol–water partition coefficient (Wildman–Crippen LogP) is 4.74. The highest BCUT2D eigenvalue weighted by molar-refractivity contribution is 5.81. The van der Waals surface area contributed by atoms with Crippen molar-refractivity contribution in [3.8, 4) is 16.9 Å². The number of hydrogen-bond acceptors (Lipinski definition) is 2. The first kappa shape index (κ1) is 12.9. The maximum atomic E-state index is 12.3. The van der Waals surface area contributed by atoms with Crippen LogP contribution in [0.5, 0.6) is 5.75 Å². The number of rotatable bonds is 2. The van der Waals surface area contributed by atoms with Crippen molar-refractivity contribution in [1.29, 1.82) is 5.39 Å². The Bertz CT molecular complexity index is 632. The van der Waals surface area contributed by atoms with Crippen molar-refractivity contribution in [2.24, 2.45) is 0 Å². The molecule has 96 valence electrons. The van der Waals surface area contributed by atoms with E-state index in [4.69, 9.17) is 5.39 Å². The highest BCUT2D eigenvalue weighted by atomic mass is 19.4. The molecule has 0 aliphatic rings. The molecule has 0 aliphatic carbocycles. The van der Waals surface area contributed by atoms with Crippen molar-refractivity contribution in [2.45, 2.75) is 6.36 Å². The predicted molar refractivity (Wildman–Crippen MR) is 63.3 cm³/mol. The van der Waals surface area contributed by atoms with Crippen LogP contribution in [0.1, 0.15) is 0 Å². The van der Waals surface area contributed by atoms with E-state index in [9.17, 15) is 13.2 Å². The Labute approximate surface area is 106 Å². The topological polar surface area (TPSA) is 37.4 Å². The third-order valence-corrected chi connectivity index (χ3v) is 2.41. The number of alkyl halides is 3. The molecule has 3 nitrogen and oxygen atoms in total. The number of hydrogen-bond donors (Lipinski definition) is 0. The highest BCUT2D eigenvalue weighted by Crippen LogP contribution is 2.38. The fourth-order valence-electron chi connectivity index (χ4n) is 1.69. The first-order valence-electron chi connectivity index (χ1n) is 5.30. The standard InChI is InChI=1S/C13H8F3N2O/c14-13(15,16)19-12-8-4-2-6-10(12)9-5-1-3-7-11(9)18-17/h1-8H/q+1. The van der Waals surface area contributed by atoms with Gasteiger partial charge in [-0.25, -0.2) is 0 Å². The lowest BCUT2D eigenvalue weighted by molar-refractivity contribution is -0.274. The number of nitrogens with zero attached hydrogens (tertiary/aromatic N) is 2. The van der Waals surface area contributed by atoms with E-state index in [2.05, 4.69) is 9.71 Å². The fraction of sp³-hybridized carbons (Fsp3) is 0.0769. The van der Waals surface area contributed by atoms with Gasteiger partial charge < -0.3 is 4.74 Å². The number of para-hydroxylation sites is 1. The average molecular weight is 265 g/mol. The van der Waals surface area contributed by atoms with Crippen LogP contribution in [0.25, 0.3) is 16.1 Å². The van der Waals surface area contributed by atoms with Gasteiger partial charge in [-0.3, -0.25) is 0 Å². The van der Waals surface area contributed by atoms with Crippen LogP contribution in [0.15, 0.2) is 48.5 Å². The van der Waals surface area contributed by atoms with E-state index < -0.39 is 6.36 Å². The van der Waals surface area contributed by atoms with Crippen molar-refractivity contribution in [2.75, 3.05) is 0 Å². The van der Waals surface area contributed by atoms with Crippen LogP contribution < -0.4 is 4.74 Å². The molecule has 0 unspecified atom stereocenters. The van der Waals surface area contributed by atoms with Crippen molar-refractivity contribution in [3.05, 3.63) is 53.5 Å². The van der Waals surface area contributed by atoms with Crippen LogP contribution in [-0.2, 0) is 0 Å². The molecule has 0 radical (unpaired) electrons. The van der Waals surface area contributed by atoms with Crippen molar-refractivity contribution in [3.63, 3.8) is 0 Å². The van der Waals surface area contributed by atoms with Crippen molar-refractivity contribution < 1.29 is 17.9 Å². The van der Waals surface area contributed by atoms with E-state index in [1.807, 2.05) is 0 Å². The Kier molecular flexibility index (Phi) is 3.38. The summed E-state index contributed by atoms with van der Waals surface area (Å²) in [6.45, 7) is 0. The van der Waals surface area contributed by atoms with E-state index in [0.717, 1.165) is 0 Å². The SMILES string of the molecule is N#[N+]c1ccccc1-c1ccccc1OC(F)(F)F. The molecule has 0 aliphatic heterocycles. The molecule has 6 heteroatoms. The summed E-state index contributed by atoms with van der Waals surface area (Å²) in [6.07, 6.45) is -4.78. The highest BCUT2D eigenvalue weighted by Gasteiger charge is 2.32. The molecular weight excluding hydrogens is 257 g/mol. The maximum absolute atomic E-state index is 12.3. The van der Waals surface area contributed by atoms with Gasteiger partial charge in [0.2, 0.25) is 5.39 Å². The monoisotopic (exact) mass is 265 g/mol. The van der Waals surface area contributed by atoms with Crippen LogP contribution >= 0.6 is 0 Å². The number of ether oxygens (including phenoxy) is 1. The minimum Gasteiger partial charge on any atom is -0.405 e. The molecule has 2 aromatic rings. The van der Waals surface area contributed by atoms with Crippen LogP contribution in [0.3, 0.4) is 0 Å². The van der Waals surface area contributed by atoms with Gasteiger partial charge in [0, 0.05) is 11.6 Å². The molecular formula is C13H8F3N2O+. The quantitative estimate of drug-likeness (QED) is 0.735. The van der Waals surface area contributed by atoms with Gasteiger partial charge in [-0.1, -0.05) is 30.3 Å². The van der Waals surface area contributed by atoms with Gasteiger partial charge in [-0.2, -0.15) is 0 Å². The first-order valence-corrected chi connectivity index (χ1v) is 5.30. The van der Waals surface area contributed by atoms with Gasteiger partial charge in [0.15, 0.2) is 4.98 Å². The van der Waals surface area contributed by atoms with E-state index in [1.165, 1.54) is 24.3 Å². The molecule has 0 N–H and O–H groups in total. The third-order valence-electron chi connectivity index (χ3n) is 2.41. The molecule has 0 saturated carbocycles. The summed E-state index contributed by atoms with van der Waals surface area (Å²) in [4.78, 5) is 3.05. The van der Waals surface area contributed by atoms with Gasteiger partial charge >= 0.3 is 12.0 Å². The lowest BCUT2D eigenvalue weighted by atomic mass is 10.0. The average Bonchev–Trinajstić information content (AvgIpc) is 2.37. The zero-order valence-corrected chi connectivity index (χ0v) is 9.56. The van der Waals surface area contributed by atoms with Crippen LogP contribution in [0, 0.1) is 5.39 Å². The molecule has 0 aromatic heterocycles. The van der Waals surface area contributed by atoms with E-state index >= 15 is 0 Å². The molecule has 0 bridgehead atoms. The third kappa shape index (κ3) is 3.01. The minimum absolute atomic E-state index is 0.167. The van der Waals surface area contributed by atoms with Gasteiger partial charge in [0.1, 0.15) is 5.75 Å². The molecule has 0 spiro atoms. The molecule has 0 fully saturated rings. The van der Waals surface area contributed by atoms with E-state index in [0.29, 0.717) is 5.56 Å². The normalized spacial score (nSPS) is 10.8. The summed E-state index contributed by atoms with van der Waals surface area (Å²) in [5.74, 6) is -0.342. The second-order valence-corrected chi connectivity index (χ2v) is 3.66. The first-order chi connectivity index (χ1) is 9.01. The Hall–Kier alpha value is -2.55. The molecule has 0 heterocycles. The number of diazo groups is 1. The Balaban J connectivity index is 2.54. The van der Waals surface area contributed by atoms with Crippen LogP contribution in [0.4, 0.5) is 18.9 Å². The lowest BCUT2D eigenvalue weighted by Crippen LogP contribution is -2.17. The van der Waals surface area contributed by atoms with Gasteiger partial charge in [0.25, 0.3) is 0 Å². The lowest BCUT2D eigenvalue weighted by Gasteiger charge is -2.12. The largest absolute Gasteiger partial charge is 0.573 e. The fourth-order valence-corrected chi connectivity index (χ4v) is 1.69. The molecule has 2 aromatic carbocycles. The zero-order valence-electron chi connectivity index (χ0n) is 9.56. The molecule has 0 saturated heterocycles. The van der Waals surface area contributed by atoms with E-state index in [-0.39, 0.29) is 17.0 Å². The molecule has 0 amide bonds. The maximum Gasteiger partial charge on any atom is 0.573 e. The summed E-state index contributed by atoms with van der Waals surface area (Å²) >= 11 is 0. The van der Waals surface area contributed by atoms with Crippen LogP contribution in [-0.4, -0.2) is 6.36 Å². The second-order valence-electron chi connectivity index (χ2n) is 3.66. The van der Waals surface area contributed by atoms with Gasteiger partial charge in [0.05, 0.1) is 5.56 Å². The summed E-state index contributed by atoms with van der Waals surface area (Å²) in [5.41, 5.74) is 0.721. The summed E-state index contributed by atoms with van der Waals surface area (Å²) in [6, 6.07) is 12.0. The summed E-state index contributed by atoms with van der Waals surface area (Å²) in [7, 11) is 0. The Morgan fingerprint density at radius 1 is 0.895 bits per heavy atom. The molecule has 19 heavy (non-hydrogen) atoms. The minimum atomic E-state index is -4.78. The summed E-state index contributed by atoms with van der Waals surface area (Å²) in [5, 5.41) is 8.87.